The van der Waals surface area contributed by atoms with E-state index in [1.54, 1.807) is 0 Å². The summed E-state index contributed by atoms with van der Waals surface area (Å²) in [4.78, 5) is 11.4. The van der Waals surface area contributed by atoms with Crippen LogP contribution in [0.5, 0.6) is 0 Å². The number of carboxylic acid groups (broad SMARTS) is 1. The van der Waals surface area contributed by atoms with Gasteiger partial charge < -0.3 is 10.8 Å². The third kappa shape index (κ3) is 2.39. The minimum Gasteiger partial charge on any atom is -0.478 e. The Morgan fingerprint density at radius 1 is 0.900 bits per heavy atom. The number of benzene rings is 2. The second-order valence-corrected chi connectivity index (χ2v) is 5.33. The highest BCUT2D eigenvalue weighted by Crippen LogP contribution is 2.22. The molecule has 0 spiro atoms. The molecule has 0 radical (unpaired) electrons. The van der Waals surface area contributed by atoms with Gasteiger partial charge in [-0.1, -0.05) is 24.3 Å². The zero-order valence-corrected chi connectivity index (χ0v) is 11.2. The van der Waals surface area contributed by atoms with Gasteiger partial charge in [-0.25, -0.2) is 4.79 Å². The second kappa shape index (κ2) is 5.00. The van der Waals surface area contributed by atoms with Crippen molar-refractivity contribution in [2.24, 2.45) is 0 Å². The van der Waals surface area contributed by atoms with Crippen molar-refractivity contribution in [2.45, 2.75) is 25.7 Å². The molecule has 0 unspecified atom stereocenters. The van der Waals surface area contributed by atoms with Gasteiger partial charge in [0.2, 0.25) is 0 Å². The number of nitrogens with two attached hydrogens (primary N) is 1. The van der Waals surface area contributed by atoms with Crippen molar-refractivity contribution >= 4 is 11.7 Å². The van der Waals surface area contributed by atoms with Crippen LogP contribution in [0.4, 0.5) is 5.69 Å². The molecule has 0 heterocycles. The first-order valence-corrected chi connectivity index (χ1v) is 6.86. The van der Waals surface area contributed by atoms with Crippen molar-refractivity contribution in [3.63, 3.8) is 0 Å². The number of carboxylic acids is 1. The zero-order chi connectivity index (χ0) is 14.1. The summed E-state index contributed by atoms with van der Waals surface area (Å²) < 4.78 is 0. The van der Waals surface area contributed by atoms with Crippen LogP contribution >= 0.6 is 0 Å². The summed E-state index contributed by atoms with van der Waals surface area (Å²) in [6.45, 7) is 0. The molecule has 2 aromatic carbocycles. The molecule has 0 aromatic heterocycles. The summed E-state index contributed by atoms with van der Waals surface area (Å²) in [5, 5.41) is 9.35. The van der Waals surface area contributed by atoms with Crippen molar-refractivity contribution in [3.05, 3.63) is 64.2 Å². The number of nitrogen functional groups attached to an aromatic ring is 1. The van der Waals surface area contributed by atoms with Gasteiger partial charge in [0.1, 0.15) is 0 Å². The van der Waals surface area contributed by atoms with Crippen LogP contribution in [-0.2, 0) is 25.7 Å². The van der Waals surface area contributed by atoms with E-state index >= 15 is 0 Å². The Bertz CT molecular complexity index is 677. The molecular formula is C17H17NO2. The van der Waals surface area contributed by atoms with Gasteiger partial charge in [0.25, 0.3) is 0 Å². The normalized spacial score (nSPS) is 13.8. The van der Waals surface area contributed by atoms with Crippen molar-refractivity contribution in [3.8, 4) is 0 Å². The number of anilines is 1. The number of hydrogen-bond donors (Lipinski definition) is 2. The summed E-state index contributed by atoms with van der Waals surface area (Å²) in [7, 11) is 0. The van der Waals surface area contributed by atoms with Crippen LogP contribution in [0.25, 0.3) is 0 Å². The SMILES string of the molecule is Nc1cc2ccc1CCc1ccc(cc1C(=O)O)CC2. The zero-order valence-electron chi connectivity index (χ0n) is 11.2. The van der Waals surface area contributed by atoms with E-state index in [0.717, 1.165) is 41.6 Å². The molecule has 2 aromatic rings. The molecule has 20 heavy (non-hydrogen) atoms. The molecule has 4 bridgehead atoms. The molecule has 0 fully saturated rings. The van der Waals surface area contributed by atoms with Gasteiger partial charge in [-0.05, 0) is 60.1 Å². The molecule has 4 aliphatic carbocycles. The molecule has 102 valence electrons. The lowest BCUT2D eigenvalue weighted by Gasteiger charge is -2.13. The maximum absolute atomic E-state index is 11.4. The highest BCUT2D eigenvalue weighted by atomic mass is 16.4. The first-order valence-electron chi connectivity index (χ1n) is 6.86. The van der Waals surface area contributed by atoms with Gasteiger partial charge in [0, 0.05) is 5.69 Å². The summed E-state index contributed by atoms with van der Waals surface area (Å²) in [5.41, 5.74) is 11.6. The lowest BCUT2D eigenvalue weighted by Crippen LogP contribution is -2.07. The fourth-order valence-corrected chi connectivity index (χ4v) is 2.78. The summed E-state index contributed by atoms with van der Waals surface area (Å²) in [6, 6.07) is 12.0. The molecule has 0 saturated carbocycles. The maximum atomic E-state index is 11.4. The third-order valence-electron chi connectivity index (χ3n) is 3.98. The first-order chi connectivity index (χ1) is 9.63. The van der Waals surface area contributed by atoms with Crippen LogP contribution in [-0.4, -0.2) is 11.1 Å². The van der Waals surface area contributed by atoms with E-state index in [1.165, 1.54) is 5.56 Å². The Kier molecular flexibility index (Phi) is 3.18. The summed E-state index contributed by atoms with van der Waals surface area (Å²) >= 11 is 0. The monoisotopic (exact) mass is 267 g/mol. The molecule has 0 saturated heterocycles. The van der Waals surface area contributed by atoms with Crippen molar-refractivity contribution < 1.29 is 9.90 Å². The van der Waals surface area contributed by atoms with E-state index in [4.69, 9.17) is 5.73 Å². The van der Waals surface area contributed by atoms with E-state index in [2.05, 4.69) is 12.1 Å². The largest absolute Gasteiger partial charge is 0.478 e. The van der Waals surface area contributed by atoms with Crippen molar-refractivity contribution in [1.29, 1.82) is 0 Å². The van der Waals surface area contributed by atoms with E-state index in [1.807, 2.05) is 24.3 Å². The number of aryl methyl sites for hydroxylation is 4. The van der Waals surface area contributed by atoms with E-state index in [0.29, 0.717) is 12.0 Å². The molecule has 0 atom stereocenters. The maximum Gasteiger partial charge on any atom is 0.335 e. The minimum atomic E-state index is -0.847. The number of hydrogen-bond acceptors (Lipinski definition) is 2. The van der Waals surface area contributed by atoms with Crippen molar-refractivity contribution in [2.75, 3.05) is 5.73 Å². The Hall–Kier alpha value is -2.29. The molecule has 0 amide bonds. The van der Waals surface area contributed by atoms with Crippen molar-refractivity contribution in [1.82, 2.24) is 0 Å². The van der Waals surface area contributed by atoms with Crippen LogP contribution in [0.2, 0.25) is 0 Å². The van der Waals surface area contributed by atoms with E-state index in [9.17, 15) is 9.90 Å². The molecular weight excluding hydrogens is 250 g/mol. The van der Waals surface area contributed by atoms with Crippen LogP contribution in [0.3, 0.4) is 0 Å². The number of aromatic carboxylic acids is 1. The quantitative estimate of drug-likeness (QED) is 0.781. The van der Waals surface area contributed by atoms with Crippen LogP contribution < -0.4 is 5.73 Å². The molecule has 6 rings (SSSR count). The molecule has 4 aliphatic rings. The van der Waals surface area contributed by atoms with E-state index in [-0.39, 0.29) is 0 Å². The fraction of sp³-hybridized carbons (Fsp3) is 0.235. The van der Waals surface area contributed by atoms with Gasteiger partial charge in [-0.2, -0.15) is 0 Å². The Balaban J connectivity index is 2.06. The predicted molar refractivity (Wildman–Crippen MR) is 79.1 cm³/mol. The van der Waals surface area contributed by atoms with Gasteiger partial charge >= 0.3 is 5.97 Å². The second-order valence-electron chi connectivity index (χ2n) is 5.33. The van der Waals surface area contributed by atoms with Gasteiger partial charge in [-0.15, -0.1) is 0 Å². The van der Waals surface area contributed by atoms with Crippen LogP contribution in [0.15, 0.2) is 36.4 Å². The average Bonchev–Trinajstić information content (AvgIpc) is 2.42. The topological polar surface area (TPSA) is 63.3 Å². The Morgan fingerprint density at radius 2 is 1.50 bits per heavy atom. The van der Waals surface area contributed by atoms with Gasteiger partial charge in [0.05, 0.1) is 5.56 Å². The standard InChI is InChI=1S/C17H17NO2/c18-16-10-12-2-1-11-3-5-13(15(9-11)17(19)20)7-8-14(16)6-4-12/h3-6,9-10H,1-2,7-8,18H2,(H,19,20). The molecule has 3 nitrogen and oxygen atoms in total. The Morgan fingerprint density at radius 3 is 2.15 bits per heavy atom. The van der Waals surface area contributed by atoms with Gasteiger partial charge in [-0.3, -0.25) is 0 Å². The molecule has 0 aliphatic heterocycles. The minimum absolute atomic E-state index is 0.427. The third-order valence-corrected chi connectivity index (χ3v) is 3.98. The molecule has 3 N–H and O–H groups in total. The smallest absolute Gasteiger partial charge is 0.335 e. The molecule has 3 heteroatoms. The highest BCUT2D eigenvalue weighted by molar-refractivity contribution is 5.89. The lowest BCUT2D eigenvalue weighted by atomic mass is 9.92. The number of carbonyl (C=O) groups is 1. The predicted octanol–water partition coefficient (Wildman–Crippen LogP) is 2.85. The fourth-order valence-electron chi connectivity index (χ4n) is 2.78. The first kappa shape index (κ1) is 12.7. The summed E-state index contributed by atoms with van der Waals surface area (Å²) in [5.74, 6) is -0.847. The van der Waals surface area contributed by atoms with Gasteiger partial charge in [0.15, 0.2) is 0 Å². The lowest BCUT2D eigenvalue weighted by molar-refractivity contribution is 0.0695. The van der Waals surface area contributed by atoms with E-state index < -0.39 is 5.97 Å². The summed E-state index contributed by atoms with van der Waals surface area (Å²) in [6.07, 6.45) is 3.18. The number of rotatable bonds is 1. The highest BCUT2D eigenvalue weighted by Gasteiger charge is 2.13. The van der Waals surface area contributed by atoms with Crippen LogP contribution in [0, 0.1) is 0 Å². The van der Waals surface area contributed by atoms with Crippen LogP contribution in [0.1, 0.15) is 32.6 Å². The Labute approximate surface area is 118 Å². The average molecular weight is 267 g/mol.